The number of anilines is 1. The average molecular weight is 568 g/mol. The van der Waals surface area contributed by atoms with Crippen molar-refractivity contribution in [2.45, 2.75) is 31.7 Å². The molecule has 7 heteroatoms. The van der Waals surface area contributed by atoms with Crippen LogP contribution in [0.1, 0.15) is 23.1 Å². The highest BCUT2D eigenvalue weighted by Crippen LogP contribution is 2.32. The summed E-state index contributed by atoms with van der Waals surface area (Å²) in [6.07, 6.45) is 5.77. The van der Waals surface area contributed by atoms with Gasteiger partial charge in [0.15, 0.2) is 17.0 Å². The first kappa shape index (κ1) is 26.9. The average Bonchev–Trinajstić information content (AvgIpc) is 3.71. The third kappa shape index (κ3) is 5.47. The summed E-state index contributed by atoms with van der Waals surface area (Å²) in [4.78, 5) is 16.5. The predicted octanol–water partition coefficient (Wildman–Crippen LogP) is 6.80. The van der Waals surface area contributed by atoms with Crippen LogP contribution in [0.3, 0.4) is 0 Å². The topological polar surface area (TPSA) is 76.3 Å². The Labute approximate surface area is 251 Å². The molecule has 2 heterocycles. The fourth-order valence-electron chi connectivity index (χ4n) is 5.89. The molecule has 0 saturated heterocycles. The molecule has 0 bridgehead atoms. The Morgan fingerprint density at radius 3 is 2.33 bits per heavy atom. The van der Waals surface area contributed by atoms with E-state index in [-0.39, 0.29) is 18.7 Å². The predicted molar refractivity (Wildman–Crippen MR) is 170 cm³/mol. The first-order valence-corrected chi connectivity index (χ1v) is 14.7. The molecule has 214 valence electrons. The number of hydrogen-bond acceptors (Lipinski definition) is 6. The highest BCUT2D eigenvalue weighted by molar-refractivity contribution is 5.85. The van der Waals surface area contributed by atoms with E-state index >= 15 is 0 Å². The number of ether oxygens (including phenoxy) is 1. The summed E-state index contributed by atoms with van der Waals surface area (Å²) in [5, 5.41) is 10.4. The van der Waals surface area contributed by atoms with E-state index in [0.29, 0.717) is 23.4 Å². The second-order valence-corrected chi connectivity index (χ2v) is 11.1. The van der Waals surface area contributed by atoms with Gasteiger partial charge in [0.25, 0.3) is 0 Å². The molecule has 6 aromatic rings. The minimum atomic E-state index is -0.219. The molecule has 1 aliphatic rings. The Bertz CT molecular complexity index is 1850. The third-order valence-electron chi connectivity index (χ3n) is 8.30. The maximum absolute atomic E-state index is 10.4. The van der Waals surface area contributed by atoms with Gasteiger partial charge < -0.3 is 14.7 Å². The van der Waals surface area contributed by atoms with Crippen LogP contribution in [-0.4, -0.2) is 44.3 Å². The zero-order valence-electron chi connectivity index (χ0n) is 24.1. The summed E-state index contributed by atoms with van der Waals surface area (Å²) in [5.74, 6) is 1.32. The number of likely N-dealkylation sites (N-methyl/N-ethyl adjacent to an activating group) is 1. The molecule has 43 heavy (non-hydrogen) atoms. The van der Waals surface area contributed by atoms with E-state index in [9.17, 15) is 5.11 Å². The fraction of sp³-hybridized carbons (Fsp3) is 0.194. The number of hydrogen-bond donors (Lipinski definition) is 1. The first-order valence-electron chi connectivity index (χ1n) is 14.7. The van der Waals surface area contributed by atoms with Crippen molar-refractivity contribution in [3.05, 3.63) is 126 Å². The van der Waals surface area contributed by atoms with Crippen molar-refractivity contribution < 1.29 is 9.84 Å². The largest absolute Gasteiger partial charge is 0.424 e. The second-order valence-electron chi connectivity index (χ2n) is 11.1. The zero-order chi connectivity index (χ0) is 29.2. The van der Waals surface area contributed by atoms with Crippen molar-refractivity contribution >= 4 is 17.0 Å². The van der Waals surface area contributed by atoms with E-state index in [1.165, 1.54) is 17.5 Å². The lowest BCUT2D eigenvalue weighted by Crippen LogP contribution is -2.37. The number of aromatic nitrogens is 4. The van der Waals surface area contributed by atoms with Gasteiger partial charge in [-0.15, -0.1) is 0 Å². The molecule has 0 spiro atoms. The van der Waals surface area contributed by atoms with Crippen molar-refractivity contribution in [2.24, 2.45) is 0 Å². The van der Waals surface area contributed by atoms with Gasteiger partial charge in [-0.25, -0.2) is 4.98 Å². The number of benzene rings is 4. The van der Waals surface area contributed by atoms with E-state index in [2.05, 4.69) is 60.7 Å². The van der Waals surface area contributed by atoms with Crippen LogP contribution in [0.25, 0.3) is 28.0 Å². The van der Waals surface area contributed by atoms with Gasteiger partial charge >= 0.3 is 6.01 Å². The molecule has 1 aliphatic carbocycles. The van der Waals surface area contributed by atoms with E-state index < -0.39 is 0 Å². The van der Waals surface area contributed by atoms with Crippen LogP contribution in [0.4, 0.5) is 5.82 Å². The number of rotatable bonds is 9. The molecule has 1 N–H and O–H groups in total. The Kier molecular flexibility index (Phi) is 7.31. The van der Waals surface area contributed by atoms with Gasteiger partial charge in [0, 0.05) is 12.7 Å². The SMILES string of the molecule is CN(c1nc(Oc2ccc3c(c2)CCC3)nc2c1ncn2-c1ccc(-c2ccccc2)cc1)[C@H](CO)Cc1ccccc1. The minimum absolute atomic E-state index is 0.0421. The molecule has 0 radical (unpaired) electrons. The molecule has 0 unspecified atom stereocenters. The zero-order valence-corrected chi connectivity index (χ0v) is 24.1. The summed E-state index contributed by atoms with van der Waals surface area (Å²) in [6.45, 7) is -0.0421. The van der Waals surface area contributed by atoms with Gasteiger partial charge in [0.05, 0.1) is 12.6 Å². The lowest BCUT2D eigenvalue weighted by atomic mass is 10.1. The third-order valence-corrected chi connectivity index (χ3v) is 8.30. The van der Waals surface area contributed by atoms with Gasteiger partial charge in [-0.3, -0.25) is 4.57 Å². The minimum Gasteiger partial charge on any atom is -0.424 e. The molecule has 0 aliphatic heterocycles. The molecule has 0 amide bonds. The number of nitrogens with zero attached hydrogens (tertiary/aromatic N) is 5. The Morgan fingerprint density at radius 2 is 1.56 bits per heavy atom. The van der Waals surface area contributed by atoms with Crippen LogP contribution in [0.2, 0.25) is 0 Å². The quantitative estimate of drug-likeness (QED) is 0.207. The Balaban J connectivity index is 1.29. The molecule has 0 fully saturated rings. The summed E-state index contributed by atoms with van der Waals surface area (Å²) < 4.78 is 8.28. The molecule has 0 saturated carbocycles. The van der Waals surface area contributed by atoms with Gasteiger partial charge in [-0.05, 0) is 77.8 Å². The fourth-order valence-corrected chi connectivity index (χ4v) is 5.89. The normalized spacial score (nSPS) is 13.2. The number of aryl methyl sites for hydroxylation is 2. The maximum Gasteiger partial charge on any atom is 0.326 e. The standard InChI is InChI=1S/C36H33N5O2/c1-40(31(23-42)21-25-9-4-2-5-10-25)34-33-35(39-36(38-34)43-32-20-17-27-13-8-14-29(27)22-32)41(24-37-33)30-18-15-28(16-19-30)26-11-6-3-7-12-26/h2-7,9-12,15-20,22,24,31,42H,8,13-14,21,23H2,1H3/t31-/m0/s1. The van der Waals surface area contributed by atoms with Crippen molar-refractivity contribution in [2.75, 3.05) is 18.6 Å². The molecule has 7 rings (SSSR count). The lowest BCUT2D eigenvalue weighted by molar-refractivity contribution is 0.261. The number of fused-ring (bicyclic) bond motifs is 2. The van der Waals surface area contributed by atoms with E-state index in [0.717, 1.165) is 41.0 Å². The molecule has 7 nitrogen and oxygen atoms in total. The number of aliphatic hydroxyl groups excluding tert-OH is 1. The van der Waals surface area contributed by atoms with Crippen LogP contribution in [0.15, 0.2) is 109 Å². The van der Waals surface area contributed by atoms with Crippen molar-refractivity contribution in [3.63, 3.8) is 0 Å². The molecule has 4 aromatic carbocycles. The van der Waals surface area contributed by atoms with Crippen molar-refractivity contribution in [1.82, 2.24) is 19.5 Å². The summed E-state index contributed by atoms with van der Waals surface area (Å²) in [5.41, 5.74) is 8.35. The monoisotopic (exact) mass is 567 g/mol. The molecular weight excluding hydrogens is 534 g/mol. The van der Waals surface area contributed by atoms with E-state index in [4.69, 9.17) is 19.7 Å². The van der Waals surface area contributed by atoms with E-state index in [1.54, 1.807) is 6.33 Å². The molecule has 2 aromatic heterocycles. The Hall–Kier alpha value is -5.01. The van der Waals surface area contributed by atoms with Crippen LogP contribution >= 0.6 is 0 Å². The van der Waals surface area contributed by atoms with Gasteiger partial charge in [0.1, 0.15) is 12.1 Å². The van der Waals surface area contributed by atoms with Gasteiger partial charge in [-0.1, -0.05) is 78.9 Å². The van der Waals surface area contributed by atoms with Crippen molar-refractivity contribution in [1.29, 1.82) is 0 Å². The smallest absolute Gasteiger partial charge is 0.326 e. The molecular formula is C36H33N5O2. The summed E-state index contributed by atoms with van der Waals surface area (Å²) >= 11 is 0. The summed E-state index contributed by atoms with van der Waals surface area (Å²) in [6, 6.07) is 35.1. The van der Waals surface area contributed by atoms with Crippen LogP contribution in [0, 0.1) is 0 Å². The maximum atomic E-state index is 10.4. The second kappa shape index (κ2) is 11.7. The van der Waals surface area contributed by atoms with Crippen LogP contribution in [-0.2, 0) is 19.3 Å². The van der Waals surface area contributed by atoms with Gasteiger partial charge in [-0.2, -0.15) is 9.97 Å². The molecule has 1 atom stereocenters. The van der Waals surface area contributed by atoms with E-state index in [1.807, 2.05) is 59.0 Å². The highest BCUT2D eigenvalue weighted by Gasteiger charge is 2.24. The van der Waals surface area contributed by atoms with Crippen LogP contribution < -0.4 is 9.64 Å². The number of aliphatic hydroxyl groups is 1. The first-order chi connectivity index (χ1) is 21.2. The van der Waals surface area contributed by atoms with Crippen LogP contribution in [0.5, 0.6) is 11.8 Å². The van der Waals surface area contributed by atoms with Crippen molar-refractivity contribution in [3.8, 4) is 28.6 Å². The lowest BCUT2D eigenvalue weighted by Gasteiger charge is -2.28. The Morgan fingerprint density at radius 1 is 0.837 bits per heavy atom. The summed E-state index contributed by atoms with van der Waals surface area (Å²) in [7, 11) is 1.94. The van der Waals surface area contributed by atoms with Gasteiger partial charge in [0.2, 0.25) is 0 Å². The number of imidazole rings is 1. The highest BCUT2D eigenvalue weighted by atomic mass is 16.5.